The molecular formula is C30H33FN8O3. The van der Waals surface area contributed by atoms with Crippen LogP contribution < -0.4 is 10.6 Å². The molecule has 12 heteroatoms. The molecule has 3 N–H and O–H groups in total. The van der Waals surface area contributed by atoms with Gasteiger partial charge in [0.1, 0.15) is 12.2 Å². The normalized spacial score (nSPS) is 22.6. The molecule has 3 fully saturated rings. The number of alkyl halides is 1. The first kappa shape index (κ1) is 27.8. The van der Waals surface area contributed by atoms with Crippen LogP contribution in [0.2, 0.25) is 0 Å². The number of halogens is 1. The number of nitrogens with zero attached hydrogens (tertiary/aromatic N) is 6. The minimum atomic E-state index is -1.64. The molecule has 3 aliphatic carbocycles. The first-order valence-electron chi connectivity index (χ1n) is 14.1. The molecular weight excluding hydrogens is 539 g/mol. The predicted octanol–water partition coefficient (Wildman–Crippen LogP) is 4.25. The monoisotopic (exact) mass is 572 g/mol. The van der Waals surface area contributed by atoms with Crippen LogP contribution in [0.5, 0.6) is 0 Å². The van der Waals surface area contributed by atoms with Gasteiger partial charge in [-0.25, -0.2) is 8.91 Å². The molecule has 0 aliphatic heterocycles. The molecule has 0 spiro atoms. The van der Waals surface area contributed by atoms with Crippen LogP contribution in [0.4, 0.5) is 10.1 Å². The highest BCUT2D eigenvalue weighted by molar-refractivity contribution is 6.00. The molecule has 4 aromatic heterocycles. The van der Waals surface area contributed by atoms with Gasteiger partial charge in [0.05, 0.1) is 52.1 Å². The van der Waals surface area contributed by atoms with Crippen LogP contribution >= 0.6 is 0 Å². The molecule has 3 saturated carbocycles. The van der Waals surface area contributed by atoms with Gasteiger partial charge >= 0.3 is 0 Å². The van der Waals surface area contributed by atoms with E-state index < -0.39 is 17.7 Å². The number of pyridine rings is 1. The van der Waals surface area contributed by atoms with Gasteiger partial charge < -0.3 is 20.2 Å². The molecule has 1 amide bonds. The summed E-state index contributed by atoms with van der Waals surface area (Å²) in [6.45, 7) is 4.19. The smallest absolute Gasteiger partial charge is 0.255 e. The van der Waals surface area contributed by atoms with Gasteiger partial charge in [0.25, 0.3) is 5.91 Å². The number of carbonyl (C=O) groups excluding carboxylic acids is 1. The van der Waals surface area contributed by atoms with E-state index in [9.17, 15) is 19.6 Å². The molecule has 1 atom stereocenters. The number of aliphatic hydroxyl groups is 1. The zero-order chi connectivity index (χ0) is 29.7. The Morgan fingerprint density at radius 3 is 2.57 bits per heavy atom. The number of nitrogens with one attached hydrogen (secondary N) is 2. The molecule has 2 bridgehead atoms. The van der Waals surface area contributed by atoms with E-state index in [1.54, 1.807) is 17.5 Å². The van der Waals surface area contributed by atoms with Crippen molar-refractivity contribution >= 4 is 17.1 Å². The van der Waals surface area contributed by atoms with Crippen molar-refractivity contribution in [1.82, 2.24) is 30.1 Å². The van der Waals surface area contributed by atoms with Gasteiger partial charge in [-0.2, -0.15) is 10.4 Å². The average Bonchev–Trinajstić information content (AvgIpc) is 3.62. The van der Waals surface area contributed by atoms with E-state index in [2.05, 4.69) is 37.0 Å². The van der Waals surface area contributed by atoms with E-state index in [0.29, 0.717) is 34.4 Å². The Labute approximate surface area is 242 Å². The number of carbonyl (C=O) groups is 1. The first-order valence-corrected chi connectivity index (χ1v) is 14.1. The predicted molar refractivity (Wildman–Crippen MR) is 151 cm³/mol. The maximum absolute atomic E-state index is 14.5. The van der Waals surface area contributed by atoms with Gasteiger partial charge in [-0.1, -0.05) is 0 Å². The van der Waals surface area contributed by atoms with E-state index >= 15 is 0 Å². The molecule has 0 saturated heterocycles. The van der Waals surface area contributed by atoms with Crippen molar-refractivity contribution in [2.45, 2.75) is 82.0 Å². The zero-order valence-electron chi connectivity index (χ0n) is 23.8. The van der Waals surface area contributed by atoms with Crippen molar-refractivity contribution in [2.75, 3.05) is 11.9 Å². The lowest BCUT2D eigenvalue weighted by molar-refractivity contribution is -0.00177. The highest BCUT2D eigenvalue weighted by Crippen LogP contribution is 2.54. The number of aryl methyl sites for hydroxylation is 1. The number of nitriles is 1. The molecule has 4 heterocycles. The Kier molecular flexibility index (Phi) is 6.73. The SMILES string of the molecule is Cc1nnc(C23CCC(Nc4cc(-c5ccc6cc(C#N)cnn56)ncc4C(=O)NCC(F)C(C)(C)O)(CC2)CC3)o1. The minimum absolute atomic E-state index is 0.125. The third-order valence-electron chi connectivity index (χ3n) is 8.87. The number of rotatable bonds is 8. The van der Waals surface area contributed by atoms with Crippen LogP contribution in [0, 0.1) is 18.3 Å². The Morgan fingerprint density at radius 2 is 1.93 bits per heavy atom. The summed E-state index contributed by atoms with van der Waals surface area (Å²) >= 11 is 0. The first-order chi connectivity index (χ1) is 20.0. The molecule has 7 rings (SSSR count). The molecule has 3 aliphatic rings. The lowest BCUT2D eigenvalue weighted by atomic mass is 9.57. The second-order valence-electron chi connectivity index (χ2n) is 12.2. The van der Waals surface area contributed by atoms with Gasteiger partial charge in [0, 0.05) is 24.1 Å². The fraction of sp³-hybridized carbons (Fsp3) is 0.467. The molecule has 42 heavy (non-hydrogen) atoms. The summed E-state index contributed by atoms with van der Waals surface area (Å²) in [6, 6.07) is 9.39. The van der Waals surface area contributed by atoms with Crippen LogP contribution in [-0.2, 0) is 5.41 Å². The quantitative estimate of drug-likeness (QED) is 0.281. The highest BCUT2D eigenvalue weighted by atomic mass is 19.1. The van der Waals surface area contributed by atoms with Gasteiger partial charge in [-0.05, 0) is 76.6 Å². The molecule has 218 valence electrons. The lowest BCUT2D eigenvalue weighted by Gasteiger charge is -2.52. The number of amides is 1. The van der Waals surface area contributed by atoms with Crippen molar-refractivity contribution in [3.8, 4) is 17.5 Å². The second kappa shape index (κ2) is 10.2. The Balaban J connectivity index is 1.32. The summed E-state index contributed by atoms with van der Waals surface area (Å²) in [7, 11) is 0. The third-order valence-corrected chi connectivity index (χ3v) is 8.87. The Hall–Kier alpha value is -4.37. The van der Waals surface area contributed by atoms with Gasteiger partial charge in [-0.3, -0.25) is 9.78 Å². The summed E-state index contributed by atoms with van der Waals surface area (Å²) in [5.41, 5.74) is 1.39. The third kappa shape index (κ3) is 4.98. The largest absolute Gasteiger partial charge is 0.425 e. The van der Waals surface area contributed by atoms with E-state index in [0.717, 1.165) is 44.0 Å². The Morgan fingerprint density at radius 1 is 1.19 bits per heavy atom. The van der Waals surface area contributed by atoms with Crippen LogP contribution in [0.15, 0.2) is 41.1 Å². The van der Waals surface area contributed by atoms with Gasteiger partial charge in [0.15, 0.2) is 0 Å². The topological polar surface area (TPSA) is 154 Å². The highest BCUT2D eigenvalue weighted by Gasteiger charge is 2.52. The number of hydrogen-bond donors (Lipinski definition) is 3. The summed E-state index contributed by atoms with van der Waals surface area (Å²) < 4.78 is 22.0. The van der Waals surface area contributed by atoms with Crippen molar-refractivity contribution in [3.05, 3.63) is 59.6 Å². The van der Waals surface area contributed by atoms with Crippen LogP contribution in [0.1, 0.15) is 80.1 Å². The number of aromatic nitrogens is 5. The molecule has 0 radical (unpaired) electrons. The number of hydrogen-bond acceptors (Lipinski definition) is 9. The van der Waals surface area contributed by atoms with Crippen LogP contribution in [0.25, 0.3) is 16.9 Å². The van der Waals surface area contributed by atoms with E-state index in [1.165, 1.54) is 26.2 Å². The van der Waals surface area contributed by atoms with Crippen molar-refractivity contribution < 1.29 is 18.7 Å². The van der Waals surface area contributed by atoms with Crippen LogP contribution in [-0.4, -0.2) is 59.7 Å². The summed E-state index contributed by atoms with van der Waals surface area (Å²) in [5.74, 6) is 0.787. The van der Waals surface area contributed by atoms with Crippen molar-refractivity contribution in [2.24, 2.45) is 0 Å². The number of fused-ring (bicyclic) bond motifs is 4. The number of anilines is 1. The van der Waals surface area contributed by atoms with Crippen molar-refractivity contribution in [3.63, 3.8) is 0 Å². The lowest BCUT2D eigenvalue weighted by Crippen LogP contribution is -2.53. The van der Waals surface area contributed by atoms with E-state index in [-0.39, 0.29) is 23.1 Å². The van der Waals surface area contributed by atoms with E-state index in [4.69, 9.17) is 4.42 Å². The fourth-order valence-electron chi connectivity index (χ4n) is 6.15. The molecule has 0 aromatic carbocycles. The zero-order valence-corrected chi connectivity index (χ0v) is 23.8. The summed E-state index contributed by atoms with van der Waals surface area (Å²) in [4.78, 5) is 17.9. The summed E-state index contributed by atoms with van der Waals surface area (Å²) in [5, 5.41) is 38.3. The molecule has 11 nitrogen and oxygen atoms in total. The van der Waals surface area contributed by atoms with Gasteiger partial charge in [0.2, 0.25) is 11.8 Å². The summed E-state index contributed by atoms with van der Waals surface area (Å²) in [6.07, 6.45) is 6.54. The standard InChI is InChI=1S/C30H33FN8O3/c1-18-37-38-27(42-18)29-6-9-30(10-7-29,11-8-29)36-22-13-23(24-5-4-20-12-19(14-32)15-35-39(20)24)33-16-21(22)26(40)34-17-25(31)28(2,3)41/h4-5,12-13,15-16,25,41H,6-11,17H2,1-3H3,(H,33,36)(H,34,40). The average molecular weight is 573 g/mol. The molecule has 1 unspecified atom stereocenters. The maximum atomic E-state index is 14.5. The minimum Gasteiger partial charge on any atom is -0.425 e. The van der Waals surface area contributed by atoms with E-state index in [1.807, 2.05) is 18.2 Å². The molecule has 4 aromatic rings. The van der Waals surface area contributed by atoms with Crippen LogP contribution in [0.3, 0.4) is 0 Å². The second-order valence-corrected chi connectivity index (χ2v) is 12.2. The fourth-order valence-corrected chi connectivity index (χ4v) is 6.15. The van der Waals surface area contributed by atoms with Crippen molar-refractivity contribution in [1.29, 1.82) is 5.26 Å². The van der Waals surface area contributed by atoms with Gasteiger partial charge in [-0.15, -0.1) is 10.2 Å². The Bertz CT molecular complexity index is 1670. The maximum Gasteiger partial charge on any atom is 0.255 e.